The number of carbonyl (C=O) groups excluding carboxylic acids is 2. The van der Waals surface area contributed by atoms with Gasteiger partial charge >= 0.3 is 0 Å². The summed E-state index contributed by atoms with van der Waals surface area (Å²) in [5, 5.41) is 5.79. The Morgan fingerprint density at radius 3 is 2.58 bits per heavy atom. The van der Waals surface area contributed by atoms with Crippen LogP contribution >= 0.6 is 0 Å². The lowest BCUT2D eigenvalue weighted by Crippen LogP contribution is -2.29. The zero-order valence-electron chi connectivity index (χ0n) is 17.3. The number of para-hydroxylation sites is 2. The van der Waals surface area contributed by atoms with Crippen LogP contribution in [0.2, 0.25) is 0 Å². The van der Waals surface area contributed by atoms with E-state index in [0.717, 1.165) is 22.4 Å². The van der Waals surface area contributed by atoms with Crippen LogP contribution in [-0.2, 0) is 24.3 Å². The number of benzene rings is 2. The molecule has 0 unspecified atom stereocenters. The minimum atomic E-state index is -0.135. The van der Waals surface area contributed by atoms with Gasteiger partial charge in [0.25, 0.3) is 5.91 Å². The minimum absolute atomic E-state index is 0.126. The third kappa shape index (κ3) is 5.01. The van der Waals surface area contributed by atoms with E-state index in [-0.39, 0.29) is 18.4 Å². The number of fused-ring (bicyclic) bond motifs is 1. The van der Waals surface area contributed by atoms with Crippen molar-refractivity contribution in [2.45, 2.75) is 26.4 Å². The Balaban J connectivity index is 1.42. The summed E-state index contributed by atoms with van der Waals surface area (Å²) in [6.07, 6.45) is 2.09. The van der Waals surface area contributed by atoms with Crippen LogP contribution in [0.5, 0.6) is 0 Å². The first-order chi connectivity index (χ1) is 15.1. The second-order valence-electron chi connectivity index (χ2n) is 7.33. The Bertz CT molecular complexity index is 1180. The van der Waals surface area contributed by atoms with Gasteiger partial charge in [0.2, 0.25) is 5.91 Å². The Morgan fingerprint density at radius 1 is 1.00 bits per heavy atom. The fourth-order valence-corrected chi connectivity index (χ4v) is 3.39. The third-order valence-corrected chi connectivity index (χ3v) is 5.02. The number of imidazole rings is 1. The first kappa shape index (κ1) is 20.4. The molecule has 158 valence electrons. The number of nitrogens with one attached hydrogen (secondary N) is 2. The van der Waals surface area contributed by atoms with Crippen LogP contribution in [-0.4, -0.2) is 27.9 Å². The summed E-state index contributed by atoms with van der Waals surface area (Å²) < 4.78 is 7.15. The first-order valence-electron chi connectivity index (χ1n) is 10.2. The van der Waals surface area contributed by atoms with Crippen molar-refractivity contribution in [2.24, 2.45) is 0 Å². The molecule has 2 heterocycles. The van der Waals surface area contributed by atoms with Gasteiger partial charge in [-0.25, -0.2) is 4.98 Å². The van der Waals surface area contributed by atoms with Gasteiger partial charge < -0.3 is 19.6 Å². The van der Waals surface area contributed by atoms with Crippen LogP contribution in [0.15, 0.2) is 71.3 Å². The Kier molecular flexibility index (Phi) is 6.12. The van der Waals surface area contributed by atoms with E-state index >= 15 is 0 Å². The minimum Gasteiger partial charge on any atom is -0.467 e. The van der Waals surface area contributed by atoms with Crippen molar-refractivity contribution in [2.75, 3.05) is 6.54 Å². The second-order valence-corrected chi connectivity index (χ2v) is 7.33. The Morgan fingerprint density at radius 2 is 1.81 bits per heavy atom. The number of rotatable bonds is 8. The maximum atomic E-state index is 12.5. The Hall–Kier alpha value is -3.87. The maximum Gasteiger partial charge on any atom is 0.251 e. The van der Waals surface area contributed by atoms with Crippen molar-refractivity contribution < 1.29 is 14.0 Å². The summed E-state index contributed by atoms with van der Waals surface area (Å²) in [6, 6.07) is 18.7. The van der Waals surface area contributed by atoms with Gasteiger partial charge in [0.05, 0.1) is 23.8 Å². The largest absolute Gasteiger partial charge is 0.467 e. The summed E-state index contributed by atoms with van der Waals surface area (Å²) in [5.74, 6) is 1.18. The second kappa shape index (κ2) is 9.30. The third-order valence-electron chi connectivity index (χ3n) is 5.02. The zero-order chi connectivity index (χ0) is 21.6. The van der Waals surface area contributed by atoms with Crippen LogP contribution in [0.3, 0.4) is 0 Å². The van der Waals surface area contributed by atoms with Crippen molar-refractivity contribution in [1.29, 1.82) is 0 Å². The molecule has 2 amide bonds. The number of aromatic nitrogens is 2. The fraction of sp³-hybridized carbons (Fsp3) is 0.208. The summed E-state index contributed by atoms with van der Waals surface area (Å²) in [7, 11) is 0. The van der Waals surface area contributed by atoms with Crippen molar-refractivity contribution in [1.82, 2.24) is 20.2 Å². The number of carbonyl (C=O) groups is 2. The molecule has 2 aromatic heterocycles. The lowest BCUT2D eigenvalue weighted by atomic mass is 10.1. The highest BCUT2D eigenvalue weighted by Crippen LogP contribution is 2.16. The molecule has 31 heavy (non-hydrogen) atoms. The molecule has 0 fully saturated rings. The quantitative estimate of drug-likeness (QED) is 0.462. The van der Waals surface area contributed by atoms with E-state index in [0.29, 0.717) is 30.8 Å². The lowest BCUT2D eigenvalue weighted by Gasteiger charge is -2.10. The van der Waals surface area contributed by atoms with Gasteiger partial charge in [-0.2, -0.15) is 0 Å². The van der Waals surface area contributed by atoms with E-state index < -0.39 is 0 Å². The molecule has 4 rings (SSSR count). The molecule has 0 saturated carbocycles. The molecule has 7 heteroatoms. The normalized spacial score (nSPS) is 10.9. The van der Waals surface area contributed by atoms with E-state index in [4.69, 9.17) is 4.42 Å². The molecule has 0 saturated heterocycles. The molecular formula is C24H24N4O3. The highest BCUT2D eigenvalue weighted by Gasteiger charge is 2.14. The summed E-state index contributed by atoms with van der Waals surface area (Å²) in [6.45, 7) is 2.88. The number of amides is 2. The maximum absolute atomic E-state index is 12.5. The Labute approximate surface area is 180 Å². The monoisotopic (exact) mass is 416 g/mol. The summed E-state index contributed by atoms with van der Waals surface area (Å²) in [4.78, 5) is 29.6. The van der Waals surface area contributed by atoms with Crippen LogP contribution in [0, 0.1) is 6.92 Å². The molecule has 0 aliphatic carbocycles. The molecule has 0 aliphatic rings. The molecule has 0 aliphatic heterocycles. The van der Waals surface area contributed by atoms with Crippen LogP contribution in [0.25, 0.3) is 11.0 Å². The molecule has 0 bridgehead atoms. The predicted octanol–water partition coefficient (Wildman–Crippen LogP) is 3.23. The number of furan rings is 1. The van der Waals surface area contributed by atoms with E-state index in [1.807, 2.05) is 66.1 Å². The smallest absolute Gasteiger partial charge is 0.251 e. The average Bonchev–Trinajstić information content (AvgIpc) is 3.41. The summed E-state index contributed by atoms with van der Waals surface area (Å²) >= 11 is 0. The first-order valence-corrected chi connectivity index (χ1v) is 10.2. The standard InChI is InChI=1S/C24H24N4O3/c1-17-8-10-18(11-9-17)24(30)25-13-12-22-27-20-6-2-3-7-21(20)28(22)16-23(29)26-15-19-5-4-14-31-19/h2-11,14H,12-13,15-16H2,1H3,(H,25,30)(H,26,29). The molecule has 7 nitrogen and oxygen atoms in total. The molecule has 0 spiro atoms. The zero-order valence-corrected chi connectivity index (χ0v) is 17.3. The lowest BCUT2D eigenvalue weighted by molar-refractivity contribution is -0.121. The highest BCUT2D eigenvalue weighted by atomic mass is 16.3. The van der Waals surface area contributed by atoms with E-state index in [2.05, 4.69) is 15.6 Å². The average molecular weight is 416 g/mol. The number of nitrogens with zero attached hydrogens (tertiary/aromatic N) is 2. The molecule has 2 aromatic carbocycles. The molecule has 2 N–H and O–H groups in total. The summed E-state index contributed by atoms with van der Waals surface area (Å²) in [5.41, 5.74) is 3.43. The van der Waals surface area contributed by atoms with Crippen LogP contribution < -0.4 is 10.6 Å². The molecule has 0 atom stereocenters. The van der Waals surface area contributed by atoms with Gasteiger partial charge in [-0.3, -0.25) is 9.59 Å². The van der Waals surface area contributed by atoms with E-state index in [1.54, 1.807) is 12.3 Å². The SMILES string of the molecule is Cc1ccc(C(=O)NCCc2nc3ccccc3n2CC(=O)NCc2ccco2)cc1. The fourth-order valence-electron chi connectivity index (χ4n) is 3.39. The number of aryl methyl sites for hydroxylation is 1. The van der Waals surface area contributed by atoms with Gasteiger partial charge in [-0.1, -0.05) is 29.8 Å². The van der Waals surface area contributed by atoms with E-state index in [9.17, 15) is 9.59 Å². The van der Waals surface area contributed by atoms with E-state index in [1.165, 1.54) is 0 Å². The van der Waals surface area contributed by atoms with Crippen molar-refractivity contribution in [3.8, 4) is 0 Å². The van der Waals surface area contributed by atoms with Gasteiger partial charge in [0, 0.05) is 18.5 Å². The van der Waals surface area contributed by atoms with Gasteiger partial charge in [-0.15, -0.1) is 0 Å². The van der Waals surface area contributed by atoms with Crippen LogP contribution in [0.4, 0.5) is 0 Å². The topological polar surface area (TPSA) is 89.2 Å². The van der Waals surface area contributed by atoms with Crippen molar-refractivity contribution in [3.05, 3.63) is 89.6 Å². The van der Waals surface area contributed by atoms with Crippen molar-refractivity contribution in [3.63, 3.8) is 0 Å². The molecular weight excluding hydrogens is 392 g/mol. The highest BCUT2D eigenvalue weighted by molar-refractivity contribution is 5.94. The van der Waals surface area contributed by atoms with Gasteiger partial charge in [-0.05, 0) is 43.3 Å². The molecule has 4 aromatic rings. The van der Waals surface area contributed by atoms with Gasteiger partial charge in [0.15, 0.2) is 0 Å². The van der Waals surface area contributed by atoms with Gasteiger partial charge in [0.1, 0.15) is 18.1 Å². The number of hydrogen-bond acceptors (Lipinski definition) is 4. The van der Waals surface area contributed by atoms with Crippen molar-refractivity contribution >= 4 is 22.8 Å². The number of hydrogen-bond donors (Lipinski definition) is 2. The van der Waals surface area contributed by atoms with Crippen LogP contribution in [0.1, 0.15) is 27.5 Å². The molecule has 0 radical (unpaired) electrons. The predicted molar refractivity (Wildman–Crippen MR) is 118 cm³/mol.